The summed E-state index contributed by atoms with van der Waals surface area (Å²) in [5, 5.41) is 3.32. The molecular weight excluding hydrogens is 363 g/mol. The quantitative estimate of drug-likeness (QED) is 0.811. The summed E-state index contributed by atoms with van der Waals surface area (Å²) in [4.78, 5) is 30.6. The molecule has 1 aliphatic rings. The van der Waals surface area contributed by atoms with Gasteiger partial charge >= 0.3 is 0 Å². The number of nitrogens with one attached hydrogen (secondary N) is 1. The van der Waals surface area contributed by atoms with Crippen molar-refractivity contribution in [1.82, 2.24) is 9.88 Å². The molecule has 0 aliphatic carbocycles. The van der Waals surface area contributed by atoms with Gasteiger partial charge in [-0.25, -0.2) is 4.98 Å². The summed E-state index contributed by atoms with van der Waals surface area (Å²) >= 11 is 5.78. The Balaban J connectivity index is 0.00000312. The molecular formula is C17H26Cl2N4O2. The summed E-state index contributed by atoms with van der Waals surface area (Å²) < 4.78 is 0. The molecule has 1 saturated heterocycles. The van der Waals surface area contributed by atoms with Crippen LogP contribution in [0.4, 0.5) is 5.82 Å². The number of aromatic nitrogens is 1. The minimum Gasteiger partial charge on any atom is -0.341 e. The number of carbonyl (C=O) groups excluding carboxylic acids is 2. The highest BCUT2D eigenvalue weighted by atomic mass is 35.5. The highest BCUT2D eigenvalue weighted by molar-refractivity contribution is 6.30. The number of hydrogen-bond acceptors (Lipinski definition) is 4. The lowest BCUT2D eigenvalue weighted by atomic mass is 9.91. The minimum atomic E-state index is -0.822. The zero-order valence-electron chi connectivity index (χ0n) is 14.6. The number of amides is 2. The van der Waals surface area contributed by atoms with E-state index in [9.17, 15) is 9.59 Å². The van der Waals surface area contributed by atoms with Gasteiger partial charge in [0.15, 0.2) is 0 Å². The lowest BCUT2D eigenvalue weighted by Gasteiger charge is -2.36. The SMILES string of the molecule is CCCC(C)(N)C(=O)N1CCC(C(=O)Nc2ccc(Cl)cn2)CC1.Cl. The van der Waals surface area contributed by atoms with Gasteiger partial charge in [0, 0.05) is 25.2 Å². The standard InChI is InChI=1S/C17H25ClN4O2.ClH/c1-3-8-17(2,19)16(24)22-9-6-12(7-10-22)15(23)21-14-5-4-13(18)11-20-14;/h4-5,11-12H,3,6-10,19H2,1-2H3,(H,20,21,23);1H. The lowest BCUT2D eigenvalue weighted by molar-refractivity contribution is -0.139. The number of piperidine rings is 1. The Morgan fingerprint density at radius 2 is 2.04 bits per heavy atom. The number of nitrogens with two attached hydrogens (primary N) is 1. The van der Waals surface area contributed by atoms with E-state index in [0.717, 1.165) is 6.42 Å². The van der Waals surface area contributed by atoms with Crippen molar-refractivity contribution in [1.29, 1.82) is 0 Å². The van der Waals surface area contributed by atoms with Gasteiger partial charge in [-0.15, -0.1) is 12.4 Å². The van der Waals surface area contributed by atoms with E-state index in [1.54, 1.807) is 24.0 Å². The molecule has 0 spiro atoms. The van der Waals surface area contributed by atoms with Crippen molar-refractivity contribution in [2.24, 2.45) is 11.7 Å². The average molecular weight is 389 g/mol. The van der Waals surface area contributed by atoms with Crippen molar-refractivity contribution >= 4 is 41.6 Å². The van der Waals surface area contributed by atoms with Crippen molar-refractivity contribution in [3.8, 4) is 0 Å². The van der Waals surface area contributed by atoms with Crippen LogP contribution < -0.4 is 11.1 Å². The molecule has 0 saturated carbocycles. The number of rotatable bonds is 5. The summed E-state index contributed by atoms with van der Waals surface area (Å²) in [6, 6.07) is 3.35. The largest absolute Gasteiger partial charge is 0.341 e. The molecule has 1 atom stereocenters. The van der Waals surface area contributed by atoms with Crippen LogP contribution in [-0.4, -0.2) is 40.3 Å². The Hall–Kier alpha value is -1.37. The first-order chi connectivity index (χ1) is 11.3. The van der Waals surface area contributed by atoms with Crippen LogP contribution in [0, 0.1) is 5.92 Å². The first-order valence-electron chi connectivity index (χ1n) is 8.34. The van der Waals surface area contributed by atoms with Gasteiger partial charge in [-0.1, -0.05) is 24.9 Å². The molecule has 1 aromatic heterocycles. The number of anilines is 1. The number of nitrogens with zero attached hydrogens (tertiary/aromatic N) is 2. The van der Waals surface area contributed by atoms with Crippen LogP contribution in [-0.2, 0) is 9.59 Å². The molecule has 3 N–H and O–H groups in total. The zero-order valence-corrected chi connectivity index (χ0v) is 16.2. The van der Waals surface area contributed by atoms with Crippen LogP contribution in [0.3, 0.4) is 0 Å². The third-order valence-corrected chi connectivity index (χ3v) is 4.61. The summed E-state index contributed by atoms with van der Waals surface area (Å²) in [6.45, 7) is 4.91. The maximum absolute atomic E-state index is 12.5. The Kier molecular flexibility index (Phi) is 8.12. The third kappa shape index (κ3) is 5.83. The molecule has 1 fully saturated rings. The minimum absolute atomic E-state index is 0. The van der Waals surface area contributed by atoms with Crippen molar-refractivity contribution < 1.29 is 9.59 Å². The van der Waals surface area contributed by atoms with E-state index in [2.05, 4.69) is 10.3 Å². The maximum Gasteiger partial charge on any atom is 0.242 e. The first kappa shape index (κ1) is 21.7. The number of hydrogen-bond donors (Lipinski definition) is 2. The van der Waals surface area contributed by atoms with Crippen molar-refractivity contribution in [3.05, 3.63) is 23.4 Å². The topological polar surface area (TPSA) is 88.3 Å². The first-order valence-corrected chi connectivity index (χ1v) is 8.72. The highest BCUT2D eigenvalue weighted by Gasteiger charge is 2.35. The molecule has 140 valence electrons. The van der Waals surface area contributed by atoms with Gasteiger partial charge in [-0.05, 0) is 38.3 Å². The normalized spacial score (nSPS) is 17.4. The smallest absolute Gasteiger partial charge is 0.242 e. The molecule has 1 aromatic rings. The van der Waals surface area contributed by atoms with Gasteiger partial charge in [0.1, 0.15) is 5.82 Å². The fraction of sp³-hybridized carbons (Fsp3) is 0.588. The Labute approximate surface area is 159 Å². The summed E-state index contributed by atoms with van der Waals surface area (Å²) in [6.07, 6.45) is 4.29. The van der Waals surface area contributed by atoms with Crippen LogP contribution in [0.25, 0.3) is 0 Å². The number of likely N-dealkylation sites (tertiary alicyclic amines) is 1. The molecule has 0 bridgehead atoms. The van der Waals surface area contributed by atoms with E-state index in [-0.39, 0.29) is 30.1 Å². The predicted molar refractivity (Wildman–Crippen MR) is 102 cm³/mol. The number of halogens is 2. The summed E-state index contributed by atoms with van der Waals surface area (Å²) in [5.41, 5.74) is 5.30. The third-order valence-electron chi connectivity index (χ3n) is 4.39. The fourth-order valence-corrected chi connectivity index (χ4v) is 3.12. The number of pyridine rings is 1. The summed E-state index contributed by atoms with van der Waals surface area (Å²) in [7, 11) is 0. The maximum atomic E-state index is 12.5. The Morgan fingerprint density at radius 1 is 1.40 bits per heavy atom. The van der Waals surface area contributed by atoms with E-state index in [1.807, 2.05) is 6.92 Å². The van der Waals surface area contributed by atoms with E-state index < -0.39 is 5.54 Å². The van der Waals surface area contributed by atoms with E-state index in [4.69, 9.17) is 17.3 Å². The van der Waals surface area contributed by atoms with E-state index >= 15 is 0 Å². The van der Waals surface area contributed by atoms with Crippen LogP contribution in [0.5, 0.6) is 0 Å². The molecule has 6 nitrogen and oxygen atoms in total. The van der Waals surface area contributed by atoms with Crippen molar-refractivity contribution in [3.63, 3.8) is 0 Å². The molecule has 2 heterocycles. The van der Waals surface area contributed by atoms with Crippen LogP contribution in [0.15, 0.2) is 18.3 Å². The van der Waals surface area contributed by atoms with Gasteiger partial charge in [0.25, 0.3) is 0 Å². The molecule has 2 rings (SSSR count). The van der Waals surface area contributed by atoms with E-state index in [1.165, 1.54) is 6.20 Å². The zero-order chi connectivity index (χ0) is 17.7. The van der Waals surface area contributed by atoms with Crippen molar-refractivity contribution in [2.75, 3.05) is 18.4 Å². The second-order valence-corrected chi connectivity index (χ2v) is 7.02. The van der Waals surface area contributed by atoms with Gasteiger partial charge in [0.05, 0.1) is 10.6 Å². The summed E-state index contributed by atoms with van der Waals surface area (Å²) in [5.74, 6) is 0.269. The molecule has 25 heavy (non-hydrogen) atoms. The second-order valence-electron chi connectivity index (χ2n) is 6.58. The molecule has 0 aromatic carbocycles. The van der Waals surface area contributed by atoms with E-state index in [0.29, 0.717) is 43.2 Å². The van der Waals surface area contributed by atoms with Gasteiger partial charge in [-0.3, -0.25) is 9.59 Å². The molecule has 2 amide bonds. The van der Waals surface area contributed by atoms with Gasteiger partial charge in [0.2, 0.25) is 11.8 Å². The van der Waals surface area contributed by atoms with Crippen LogP contribution in [0.1, 0.15) is 39.5 Å². The molecule has 1 aliphatic heterocycles. The Morgan fingerprint density at radius 3 is 2.56 bits per heavy atom. The fourth-order valence-electron chi connectivity index (χ4n) is 3.01. The lowest BCUT2D eigenvalue weighted by Crippen LogP contribution is -2.55. The molecule has 0 radical (unpaired) electrons. The Bertz CT molecular complexity index is 585. The molecule has 8 heteroatoms. The number of carbonyl (C=O) groups is 2. The van der Waals surface area contributed by atoms with Crippen LogP contribution >= 0.6 is 24.0 Å². The monoisotopic (exact) mass is 388 g/mol. The predicted octanol–water partition coefficient (Wildman–Crippen LogP) is 2.85. The molecule has 1 unspecified atom stereocenters. The van der Waals surface area contributed by atoms with Gasteiger partial charge < -0.3 is 16.0 Å². The highest BCUT2D eigenvalue weighted by Crippen LogP contribution is 2.22. The van der Waals surface area contributed by atoms with Crippen molar-refractivity contribution in [2.45, 2.75) is 45.1 Å². The van der Waals surface area contributed by atoms with Crippen LogP contribution in [0.2, 0.25) is 5.02 Å². The second kappa shape index (κ2) is 9.36. The van der Waals surface area contributed by atoms with Gasteiger partial charge in [-0.2, -0.15) is 0 Å². The average Bonchev–Trinajstić information content (AvgIpc) is 2.56.